The second-order valence-corrected chi connectivity index (χ2v) is 8.65. The van der Waals surface area contributed by atoms with Gasteiger partial charge in [-0.05, 0) is 87.2 Å². The Balaban J connectivity index is 0.000000291. The molecule has 0 aliphatic carbocycles. The quantitative estimate of drug-likeness (QED) is 0.167. The highest BCUT2D eigenvalue weighted by molar-refractivity contribution is 6.04. The predicted octanol–water partition coefficient (Wildman–Crippen LogP) is 4.11. The third-order valence-corrected chi connectivity index (χ3v) is 5.92. The van der Waals surface area contributed by atoms with Crippen LogP contribution in [-0.4, -0.2) is 51.0 Å². The molecule has 1 amide bonds. The molecule has 0 saturated carbocycles. The normalized spacial score (nSPS) is 12.1. The molecule has 1 heterocycles. The fourth-order valence-electron chi connectivity index (χ4n) is 3.97. The van der Waals surface area contributed by atoms with Crippen molar-refractivity contribution in [3.63, 3.8) is 0 Å². The third-order valence-electron chi connectivity index (χ3n) is 5.92. The number of hydrogen-bond donors (Lipinski definition) is 4. The lowest BCUT2D eigenvalue weighted by molar-refractivity contribution is 0.102. The minimum absolute atomic E-state index is 0.0629. The number of nitrogens with two attached hydrogens (primary N) is 1. The number of rotatable bonds is 7. The van der Waals surface area contributed by atoms with E-state index in [1.54, 1.807) is 17.1 Å². The predicted molar refractivity (Wildman–Crippen MR) is 153 cm³/mol. The first kappa shape index (κ1) is 29.4. The average molecular weight is 503 g/mol. The van der Waals surface area contributed by atoms with E-state index in [1.807, 2.05) is 56.4 Å². The van der Waals surface area contributed by atoms with Crippen molar-refractivity contribution < 1.29 is 9.59 Å². The fraction of sp³-hybridized carbons (Fsp3) is 0.276. The van der Waals surface area contributed by atoms with Gasteiger partial charge in [0.05, 0.1) is 5.69 Å². The minimum atomic E-state index is -0.0629. The largest absolute Gasteiger partial charge is 0.322 e. The van der Waals surface area contributed by atoms with E-state index in [4.69, 9.17) is 11.3 Å². The van der Waals surface area contributed by atoms with Gasteiger partial charge in [-0.15, -0.1) is 0 Å². The fourth-order valence-corrected chi connectivity index (χ4v) is 3.97. The molecule has 8 heteroatoms. The van der Waals surface area contributed by atoms with E-state index in [2.05, 4.69) is 41.4 Å². The Labute approximate surface area is 220 Å². The van der Waals surface area contributed by atoms with Crippen molar-refractivity contribution in [1.29, 1.82) is 5.41 Å². The lowest BCUT2D eigenvalue weighted by atomic mass is 9.99. The molecule has 0 radical (unpaired) electrons. The van der Waals surface area contributed by atoms with Gasteiger partial charge in [-0.1, -0.05) is 30.3 Å². The van der Waals surface area contributed by atoms with Gasteiger partial charge in [0.1, 0.15) is 6.29 Å². The van der Waals surface area contributed by atoms with E-state index in [-0.39, 0.29) is 5.91 Å². The maximum absolute atomic E-state index is 12.5. The monoisotopic (exact) mass is 502 g/mol. The molecular weight excluding hydrogens is 464 g/mol. The standard InChI is InChI=1S/C19H23N3O.C9H12N2O.CH3N/c1-20-12-14-4-3-5-16(10-14)19(23)21-18-7-6-15-8-9-22(2)13-17(15)11-18;1-2-11(10)9-5-3-4-8(6-9)7-12;1-2/h3-7,10-11,20H,8-9,12-13H2,1-2H3,(H,21,23);3-7H,2,10H2,1H3;2H,1H2. The van der Waals surface area contributed by atoms with Gasteiger partial charge in [-0.2, -0.15) is 0 Å². The summed E-state index contributed by atoms with van der Waals surface area (Å²) in [4.78, 5) is 25.2. The lowest BCUT2D eigenvalue weighted by Crippen LogP contribution is -2.30. The molecule has 0 unspecified atom stereocenters. The number of nitrogens with zero attached hydrogens (tertiary/aromatic N) is 2. The summed E-state index contributed by atoms with van der Waals surface area (Å²) in [6, 6.07) is 21.1. The zero-order valence-electron chi connectivity index (χ0n) is 22.0. The first-order valence-corrected chi connectivity index (χ1v) is 12.2. The zero-order valence-corrected chi connectivity index (χ0v) is 22.0. The van der Waals surface area contributed by atoms with Crippen molar-refractivity contribution in [3.05, 3.63) is 94.5 Å². The molecule has 5 N–H and O–H groups in total. The van der Waals surface area contributed by atoms with E-state index >= 15 is 0 Å². The zero-order chi connectivity index (χ0) is 27.2. The molecule has 0 fully saturated rings. The summed E-state index contributed by atoms with van der Waals surface area (Å²) in [5, 5.41) is 13.2. The van der Waals surface area contributed by atoms with Crippen LogP contribution in [0.3, 0.4) is 0 Å². The van der Waals surface area contributed by atoms with Crippen LogP contribution in [0.15, 0.2) is 66.7 Å². The van der Waals surface area contributed by atoms with Crippen LogP contribution in [0.4, 0.5) is 11.4 Å². The number of aldehydes is 1. The van der Waals surface area contributed by atoms with Gasteiger partial charge in [0.15, 0.2) is 0 Å². The first-order valence-electron chi connectivity index (χ1n) is 12.2. The molecule has 3 aromatic carbocycles. The first-order chi connectivity index (χ1) is 17.9. The van der Waals surface area contributed by atoms with Crippen molar-refractivity contribution >= 4 is 30.3 Å². The van der Waals surface area contributed by atoms with E-state index in [9.17, 15) is 9.59 Å². The molecule has 0 saturated heterocycles. The SMILES string of the molecule is C=N.CCN(N)c1cccc(C=O)c1.CNCc1cccc(C(=O)Nc2ccc3c(c2)CN(C)CC3)c1. The van der Waals surface area contributed by atoms with Crippen molar-refractivity contribution in [2.75, 3.05) is 37.5 Å². The molecule has 196 valence electrons. The van der Waals surface area contributed by atoms with Gasteiger partial charge >= 0.3 is 0 Å². The summed E-state index contributed by atoms with van der Waals surface area (Å²) in [5.41, 5.74) is 6.86. The van der Waals surface area contributed by atoms with E-state index < -0.39 is 0 Å². The minimum Gasteiger partial charge on any atom is -0.322 e. The summed E-state index contributed by atoms with van der Waals surface area (Å²) in [7, 11) is 4.03. The van der Waals surface area contributed by atoms with Gasteiger partial charge in [0.25, 0.3) is 5.91 Å². The van der Waals surface area contributed by atoms with Crippen molar-refractivity contribution in [1.82, 2.24) is 10.2 Å². The number of carbonyl (C=O) groups is 2. The number of amides is 1. The number of benzene rings is 3. The number of anilines is 2. The number of fused-ring (bicyclic) bond motifs is 1. The van der Waals surface area contributed by atoms with E-state index in [0.717, 1.165) is 55.8 Å². The van der Waals surface area contributed by atoms with E-state index in [1.165, 1.54) is 11.1 Å². The van der Waals surface area contributed by atoms with Gasteiger partial charge < -0.3 is 26.0 Å². The van der Waals surface area contributed by atoms with Crippen LogP contribution in [0.5, 0.6) is 0 Å². The second-order valence-electron chi connectivity index (χ2n) is 8.65. The molecular formula is C29H38N6O2. The van der Waals surface area contributed by atoms with Crippen molar-refractivity contribution in [2.45, 2.75) is 26.4 Å². The third kappa shape index (κ3) is 8.95. The summed E-state index contributed by atoms with van der Waals surface area (Å²) in [5.74, 6) is 5.57. The van der Waals surface area contributed by atoms with Gasteiger partial charge in [-0.25, -0.2) is 5.84 Å². The number of carbonyl (C=O) groups excluding carboxylic acids is 2. The van der Waals surface area contributed by atoms with Crippen LogP contribution >= 0.6 is 0 Å². The Bertz CT molecular complexity index is 1170. The molecule has 0 spiro atoms. The molecule has 0 atom stereocenters. The van der Waals surface area contributed by atoms with Gasteiger partial charge in [0.2, 0.25) is 0 Å². The Morgan fingerprint density at radius 2 is 1.86 bits per heavy atom. The van der Waals surface area contributed by atoms with Crippen LogP contribution in [0.2, 0.25) is 0 Å². The lowest BCUT2D eigenvalue weighted by Gasteiger charge is -2.25. The van der Waals surface area contributed by atoms with Gasteiger partial charge in [0, 0.05) is 43.0 Å². The highest BCUT2D eigenvalue weighted by atomic mass is 16.1. The highest BCUT2D eigenvalue weighted by Gasteiger charge is 2.14. The topological polar surface area (TPSA) is 115 Å². The van der Waals surface area contributed by atoms with Crippen LogP contribution in [-0.2, 0) is 19.5 Å². The number of hydrogen-bond acceptors (Lipinski definition) is 7. The van der Waals surface area contributed by atoms with Crippen LogP contribution < -0.4 is 21.5 Å². The maximum atomic E-state index is 12.5. The second kappa shape index (κ2) is 15.3. The summed E-state index contributed by atoms with van der Waals surface area (Å²) < 4.78 is 0. The summed E-state index contributed by atoms with van der Waals surface area (Å²) in [6.45, 7) is 7.97. The average Bonchev–Trinajstić information content (AvgIpc) is 2.94. The molecule has 1 aliphatic heterocycles. The molecule has 37 heavy (non-hydrogen) atoms. The number of nitrogens with one attached hydrogen (secondary N) is 3. The van der Waals surface area contributed by atoms with Crippen LogP contribution in [0.25, 0.3) is 0 Å². The maximum Gasteiger partial charge on any atom is 0.255 e. The summed E-state index contributed by atoms with van der Waals surface area (Å²) in [6.07, 6.45) is 1.89. The van der Waals surface area contributed by atoms with Gasteiger partial charge in [-0.3, -0.25) is 9.59 Å². The van der Waals surface area contributed by atoms with Crippen molar-refractivity contribution in [2.24, 2.45) is 5.84 Å². The highest BCUT2D eigenvalue weighted by Crippen LogP contribution is 2.22. The Morgan fingerprint density at radius 3 is 2.57 bits per heavy atom. The molecule has 0 aromatic heterocycles. The van der Waals surface area contributed by atoms with Crippen molar-refractivity contribution in [3.8, 4) is 0 Å². The van der Waals surface area contributed by atoms with E-state index in [0.29, 0.717) is 11.1 Å². The van der Waals surface area contributed by atoms with Crippen LogP contribution in [0.1, 0.15) is 44.3 Å². The molecule has 0 bridgehead atoms. The smallest absolute Gasteiger partial charge is 0.255 e. The number of likely N-dealkylation sites (N-methyl/N-ethyl adjacent to an activating group) is 1. The Kier molecular flexibility index (Phi) is 12.2. The van der Waals surface area contributed by atoms with Crippen LogP contribution in [0, 0.1) is 5.41 Å². The molecule has 3 aromatic rings. The Hall–Kier alpha value is -3.85. The Morgan fingerprint density at radius 1 is 1.11 bits per heavy atom. The molecule has 8 nitrogen and oxygen atoms in total. The molecule has 4 rings (SSSR count). The molecule has 1 aliphatic rings. The number of hydrazine groups is 1. The summed E-state index contributed by atoms with van der Waals surface area (Å²) >= 11 is 0.